The van der Waals surface area contributed by atoms with Gasteiger partial charge in [0.1, 0.15) is 5.82 Å². The molecule has 0 aliphatic rings. The van der Waals surface area contributed by atoms with Crippen LogP contribution in [0.25, 0.3) is 0 Å². The molecule has 108 valence electrons. The molecule has 0 fully saturated rings. The number of benzene rings is 1. The number of hydrogen-bond donors (Lipinski definition) is 1. The van der Waals surface area contributed by atoms with Crippen molar-refractivity contribution in [2.24, 2.45) is 12.8 Å². The quantitative estimate of drug-likeness (QED) is 0.942. The van der Waals surface area contributed by atoms with Gasteiger partial charge in [-0.25, -0.2) is 0 Å². The Balaban J connectivity index is 2.38. The van der Waals surface area contributed by atoms with E-state index in [1.807, 2.05) is 36.9 Å². The van der Waals surface area contributed by atoms with Crippen LogP contribution < -0.4 is 10.6 Å². The minimum absolute atomic E-state index is 0.189. The second-order valence-corrected chi connectivity index (χ2v) is 5.49. The third-order valence-corrected chi connectivity index (χ3v) is 4.00. The second-order valence-electron chi connectivity index (χ2n) is 5.06. The van der Waals surface area contributed by atoms with E-state index < -0.39 is 0 Å². The van der Waals surface area contributed by atoms with Gasteiger partial charge in [0.25, 0.3) is 0 Å². The van der Waals surface area contributed by atoms with E-state index >= 15 is 0 Å². The second kappa shape index (κ2) is 5.85. The number of hydrogen-bond acceptors (Lipinski definition) is 3. The Morgan fingerprint density at radius 3 is 2.75 bits per heavy atom. The third kappa shape index (κ3) is 2.67. The van der Waals surface area contributed by atoms with Gasteiger partial charge in [-0.1, -0.05) is 23.7 Å². The number of nitrogens with zero attached hydrogens (tertiary/aromatic N) is 3. The summed E-state index contributed by atoms with van der Waals surface area (Å²) in [6.45, 7) is 4.62. The van der Waals surface area contributed by atoms with Gasteiger partial charge in [0.2, 0.25) is 0 Å². The normalized spacial score (nSPS) is 12.5. The largest absolute Gasteiger partial charge is 0.353 e. The predicted molar refractivity (Wildman–Crippen MR) is 84.1 cm³/mol. The fourth-order valence-electron chi connectivity index (χ4n) is 2.54. The first-order valence-electron chi connectivity index (χ1n) is 6.66. The number of anilines is 1. The zero-order valence-electron chi connectivity index (χ0n) is 12.4. The van der Waals surface area contributed by atoms with Gasteiger partial charge in [0.15, 0.2) is 0 Å². The van der Waals surface area contributed by atoms with Crippen LogP contribution in [0.4, 0.5) is 5.82 Å². The lowest BCUT2D eigenvalue weighted by molar-refractivity contribution is 0.671. The van der Waals surface area contributed by atoms with Crippen molar-refractivity contribution < 1.29 is 0 Å². The Morgan fingerprint density at radius 2 is 2.15 bits per heavy atom. The van der Waals surface area contributed by atoms with Crippen LogP contribution in [-0.4, -0.2) is 16.8 Å². The molecule has 0 amide bonds. The van der Waals surface area contributed by atoms with Crippen molar-refractivity contribution in [3.8, 4) is 0 Å². The first-order valence-corrected chi connectivity index (χ1v) is 7.04. The zero-order chi connectivity index (χ0) is 14.9. The van der Waals surface area contributed by atoms with Crippen LogP contribution in [0, 0.1) is 6.92 Å². The van der Waals surface area contributed by atoms with E-state index in [-0.39, 0.29) is 6.04 Å². The molecule has 0 saturated carbocycles. The van der Waals surface area contributed by atoms with Crippen LogP contribution in [0.3, 0.4) is 0 Å². The van der Waals surface area contributed by atoms with Crippen LogP contribution in [0.15, 0.2) is 24.3 Å². The zero-order valence-corrected chi connectivity index (χ0v) is 13.1. The van der Waals surface area contributed by atoms with Gasteiger partial charge >= 0.3 is 0 Å². The Labute approximate surface area is 125 Å². The van der Waals surface area contributed by atoms with Crippen LogP contribution in [0.1, 0.15) is 29.8 Å². The van der Waals surface area contributed by atoms with Crippen LogP contribution in [0.2, 0.25) is 5.02 Å². The van der Waals surface area contributed by atoms with E-state index in [1.165, 1.54) is 5.56 Å². The number of nitrogens with two attached hydrogens (primary N) is 1. The highest BCUT2D eigenvalue weighted by molar-refractivity contribution is 6.30. The fourth-order valence-corrected chi connectivity index (χ4v) is 2.74. The van der Waals surface area contributed by atoms with Gasteiger partial charge in [-0.15, -0.1) is 0 Å². The van der Waals surface area contributed by atoms with Crippen molar-refractivity contribution in [1.82, 2.24) is 9.78 Å². The molecular formula is C15H21ClN4. The average Bonchev–Trinajstić information content (AvgIpc) is 2.71. The molecule has 20 heavy (non-hydrogen) atoms. The van der Waals surface area contributed by atoms with Gasteiger partial charge in [0.05, 0.1) is 11.7 Å². The summed E-state index contributed by atoms with van der Waals surface area (Å²) >= 11 is 6.08. The first kappa shape index (κ1) is 14.9. The smallest absolute Gasteiger partial charge is 0.131 e. The summed E-state index contributed by atoms with van der Waals surface area (Å²) in [6.07, 6.45) is 0. The van der Waals surface area contributed by atoms with E-state index in [1.54, 1.807) is 0 Å². The van der Waals surface area contributed by atoms with E-state index in [2.05, 4.69) is 30.0 Å². The molecular weight excluding hydrogens is 272 g/mol. The van der Waals surface area contributed by atoms with Gasteiger partial charge in [-0.3, -0.25) is 4.68 Å². The lowest BCUT2D eigenvalue weighted by atomic mass is 10.1. The number of aryl methyl sites for hydroxylation is 2. The maximum Gasteiger partial charge on any atom is 0.131 e. The summed E-state index contributed by atoms with van der Waals surface area (Å²) in [5.41, 5.74) is 9.10. The Hall–Kier alpha value is -1.52. The van der Waals surface area contributed by atoms with E-state index in [4.69, 9.17) is 17.3 Å². The minimum atomic E-state index is 0.189. The molecule has 0 radical (unpaired) electrons. The number of aromatic nitrogens is 2. The highest BCUT2D eigenvalue weighted by atomic mass is 35.5. The van der Waals surface area contributed by atoms with Crippen molar-refractivity contribution in [2.45, 2.75) is 26.4 Å². The Kier molecular flexibility index (Phi) is 4.35. The number of rotatable bonds is 4. The predicted octanol–water partition coefficient (Wildman–Crippen LogP) is 3.04. The summed E-state index contributed by atoms with van der Waals surface area (Å²) in [5.74, 6) is 1.05. The van der Waals surface area contributed by atoms with Crippen molar-refractivity contribution >= 4 is 17.4 Å². The monoisotopic (exact) mass is 292 g/mol. The van der Waals surface area contributed by atoms with Crippen molar-refractivity contribution in [1.29, 1.82) is 0 Å². The molecule has 2 rings (SSSR count). The SMILES string of the molecule is Cc1nn(C)c(N(C)C(C)c2cccc(Cl)c2)c1CN. The molecule has 1 heterocycles. The molecule has 1 unspecified atom stereocenters. The van der Waals surface area contributed by atoms with Crippen LogP contribution >= 0.6 is 11.6 Å². The molecule has 5 heteroatoms. The number of halogens is 1. The van der Waals surface area contributed by atoms with Gasteiger partial charge in [-0.2, -0.15) is 5.10 Å². The summed E-state index contributed by atoms with van der Waals surface area (Å²) in [4.78, 5) is 2.19. The maximum atomic E-state index is 6.08. The van der Waals surface area contributed by atoms with Gasteiger partial charge in [0, 0.05) is 31.2 Å². The standard InChI is InChI=1S/C15H21ClN4/c1-10-14(9-17)15(20(4)18-10)19(3)11(2)12-6-5-7-13(16)8-12/h5-8,11H,9,17H2,1-4H3. The third-order valence-electron chi connectivity index (χ3n) is 3.76. The van der Waals surface area contributed by atoms with Gasteiger partial charge < -0.3 is 10.6 Å². The molecule has 0 aliphatic heterocycles. The molecule has 1 aromatic carbocycles. The van der Waals surface area contributed by atoms with E-state index in [0.29, 0.717) is 6.54 Å². The summed E-state index contributed by atoms with van der Waals surface area (Å²) in [5, 5.41) is 5.22. The molecule has 2 N–H and O–H groups in total. The topological polar surface area (TPSA) is 47.1 Å². The lowest BCUT2D eigenvalue weighted by Crippen LogP contribution is -2.25. The highest BCUT2D eigenvalue weighted by Crippen LogP contribution is 2.30. The van der Waals surface area contributed by atoms with Gasteiger partial charge in [-0.05, 0) is 31.5 Å². The van der Waals surface area contributed by atoms with Crippen molar-refractivity contribution in [2.75, 3.05) is 11.9 Å². The van der Waals surface area contributed by atoms with Crippen LogP contribution in [0.5, 0.6) is 0 Å². The summed E-state index contributed by atoms with van der Waals surface area (Å²) < 4.78 is 1.89. The lowest BCUT2D eigenvalue weighted by Gasteiger charge is -2.28. The molecule has 0 bridgehead atoms. The van der Waals surface area contributed by atoms with Crippen LogP contribution in [-0.2, 0) is 13.6 Å². The Bertz CT molecular complexity index is 606. The van der Waals surface area contributed by atoms with E-state index in [9.17, 15) is 0 Å². The average molecular weight is 293 g/mol. The Morgan fingerprint density at radius 1 is 1.45 bits per heavy atom. The molecule has 0 aliphatic carbocycles. The summed E-state index contributed by atoms with van der Waals surface area (Å²) in [6, 6.07) is 8.12. The maximum absolute atomic E-state index is 6.08. The molecule has 0 spiro atoms. The molecule has 4 nitrogen and oxygen atoms in total. The van der Waals surface area contributed by atoms with Crippen molar-refractivity contribution in [3.63, 3.8) is 0 Å². The molecule has 1 atom stereocenters. The minimum Gasteiger partial charge on any atom is -0.353 e. The molecule has 1 aromatic heterocycles. The fraction of sp³-hybridized carbons (Fsp3) is 0.400. The van der Waals surface area contributed by atoms with E-state index in [0.717, 1.165) is 22.1 Å². The van der Waals surface area contributed by atoms with Crippen molar-refractivity contribution in [3.05, 3.63) is 46.1 Å². The molecule has 2 aromatic rings. The highest BCUT2D eigenvalue weighted by Gasteiger charge is 2.20. The summed E-state index contributed by atoms with van der Waals surface area (Å²) in [7, 11) is 4.00. The molecule has 0 saturated heterocycles. The first-order chi connectivity index (χ1) is 9.45.